The summed E-state index contributed by atoms with van der Waals surface area (Å²) in [5, 5.41) is 11.6. The van der Waals surface area contributed by atoms with Crippen LogP contribution in [0.1, 0.15) is 35.7 Å². The normalized spacial score (nSPS) is 12.9. The van der Waals surface area contributed by atoms with Gasteiger partial charge in [-0.1, -0.05) is 43.3 Å². The van der Waals surface area contributed by atoms with Gasteiger partial charge in [-0.3, -0.25) is 4.79 Å². The molecule has 0 saturated carbocycles. The van der Waals surface area contributed by atoms with E-state index in [1.807, 2.05) is 37.3 Å². The van der Waals surface area contributed by atoms with Crippen molar-refractivity contribution in [2.45, 2.75) is 25.8 Å². The van der Waals surface area contributed by atoms with Crippen molar-refractivity contribution in [1.82, 2.24) is 5.32 Å². The van der Waals surface area contributed by atoms with Gasteiger partial charge >= 0.3 is 5.97 Å². The lowest BCUT2D eigenvalue weighted by atomic mass is 9.94. The number of aliphatic carboxylic acids is 1. The summed E-state index contributed by atoms with van der Waals surface area (Å²) in [6.45, 7) is 3.58. The average molecular weight is 327 g/mol. The minimum absolute atomic E-state index is 0.0523. The minimum atomic E-state index is -1.06. The summed E-state index contributed by atoms with van der Waals surface area (Å²) in [4.78, 5) is 22.9. The number of carboxylic acids is 1. The zero-order chi connectivity index (χ0) is 17.5. The molecule has 0 heterocycles. The molecule has 2 unspecified atom stereocenters. The van der Waals surface area contributed by atoms with Crippen LogP contribution in [-0.2, 0) is 4.79 Å². The van der Waals surface area contributed by atoms with Gasteiger partial charge in [0, 0.05) is 17.5 Å². The monoisotopic (exact) mass is 327 g/mol. The van der Waals surface area contributed by atoms with Crippen molar-refractivity contribution in [2.24, 2.45) is 0 Å². The molecule has 0 bridgehead atoms. The maximum Gasteiger partial charge on any atom is 0.341 e. The van der Waals surface area contributed by atoms with Crippen LogP contribution in [-0.4, -0.2) is 29.6 Å². The van der Waals surface area contributed by atoms with Gasteiger partial charge in [-0.15, -0.1) is 0 Å². The second kappa shape index (κ2) is 8.15. The second-order valence-electron chi connectivity index (χ2n) is 5.67. The molecule has 2 N–H and O–H groups in total. The summed E-state index contributed by atoms with van der Waals surface area (Å²) in [5.74, 6) is -0.753. The Morgan fingerprint density at radius 2 is 1.79 bits per heavy atom. The van der Waals surface area contributed by atoms with Crippen molar-refractivity contribution >= 4 is 11.9 Å². The number of nitrogens with one attached hydrogen (secondary N) is 1. The number of amides is 1. The molecule has 0 aliphatic heterocycles. The highest BCUT2D eigenvalue weighted by molar-refractivity contribution is 5.94. The van der Waals surface area contributed by atoms with E-state index in [2.05, 4.69) is 12.2 Å². The highest BCUT2D eigenvalue weighted by atomic mass is 16.5. The van der Waals surface area contributed by atoms with Crippen molar-refractivity contribution in [3.05, 3.63) is 65.7 Å². The van der Waals surface area contributed by atoms with Crippen LogP contribution in [0.3, 0.4) is 0 Å². The third kappa shape index (κ3) is 4.84. The highest BCUT2D eigenvalue weighted by Gasteiger charge is 2.17. The summed E-state index contributed by atoms with van der Waals surface area (Å²) in [7, 11) is 0. The zero-order valence-corrected chi connectivity index (χ0v) is 13.7. The Morgan fingerprint density at radius 3 is 2.46 bits per heavy atom. The number of rotatable bonds is 7. The molecule has 0 spiro atoms. The first kappa shape index (κ1) is 17.5. The summed E-state index contributed by atoms with van der Waals surface area (Å²) < 4.78 is 5.10. The van der Waals surface area contributed by atoms with E-state index in [-0.39, 0.29) is 17.9 Å². The molecule has 2 rings (SSSR count). The average Bonchev–Trinajstić information content (AvgIpc) is 2.60. The topological polar surface area (TPSA) is 75.6 Å². The van der Waals surface area contributed by atoms with Crippen LogP contribution in [0.25, 0.3) is 0 Å². The first-order valence-corrected chi connectivity index (χ1v) is 7.78. The molecule has 0 aromatic heterocycles. The predicted molar refractivity (Wildman–Crippen MR) is 91.4 cm³/mol. The predicted octanol–water partition coefficient (Wildman–Crippen LogP) is 3.07. The summed E-state index contributed by atoms with van der Waals surface area (Å²) >= 11 is 0. The molecule has 5 heteroatoms. The van der Waals surface area contributed by atoms with Crippen molar-refractivity contribution in [3.63, 3.8) is 0 Å². The number of carboxylic acid groups (broad SMARTS) is 1. The van der Waals surface area contributed by atoms with Crippen LogP contribution in [0, 0.1) is 0 Å². The number of hydrogen-bond donors (Lipinski definition) is 2. The molecule has 24 heavy (non-hydrogen) atoms. The Bertz CT molecular complexity index is 700. The fourth-order valence-corrected chi connectivity index (χ4v) is 2.33. The lowest BCUT2D eigenvalue weighted by Crippen LogP contribution is -2.36. The first-order valence-electron chi connectivity index (χ1n) is 7.78. The van der Waals surface area contributed by atoms with E-state index in [0.29, 0.717) is 11.3 Å². The van der Waals surface area contributed by atoms with Gasteiger partial charge in [0.1, 0.15) is 5.75 Å². The van der Waals surface area contributed by atoms with Crippen LogP contribution >= 0.6 is 0 Å². The maximum atomic E-state index is 12.4. The van der Waals surface area contributed by atoms with Crippen molar-refractivity contribution in [2.75, 3.05) is 6.61 Å². The van der Waals surface area contributed by atoms with E-state index < -0.39 is 12.6 Å². The first-order chi connectivity index (χ1) is 11.5. The molecule has 0 saturated heterocycles. The van der Waals surface area contributed by atoms with E-state index in [1.165, 1.54) is 6.07 Å². The molecule has 0 fully saturated rings. The van der Waals surface area contributed by atoms with E-state index in [9.17, 15) is 9.59 Å². The molecule has 0 aliphatic rings. The van der Waals surface area contributed by atoms with Crippen LogP contribution in [0.4, 0.5) is 0 Å². The number of ether oxygens (including phenoxy) is 1. The number of carbonyl (C=O) groups is 2. The Morgan fingerprint density at radius 1 is 1.08 bits per heavy atom. The lowest BCUT2D eigenvalue weighted by molar-refractivity contribution is -0.139. The fourth-order valence-electron chi connectivity index (χ4n) is 2.33. The van der Waals surface area contributed by atoms with Gasteiger partial charge in [0.2, 0.25) is 0 Å². The largest absolute Gasteiger partial charge is 0.482 e. The fraction of sp³-hybridized carbons (Fsp3) is 0.263. The number of benzene rings is 2. The number of carbonyl (C=O) groups excluding carboxylic acids is 1. The van der Waals surface area contributed by atoms with Crippen molar-refractivity contribution < 1.29 is 19.4 Å². The molecule has 0 radical (unpaired) electrons. The molecule has 5 nitrogen and oxygen atoms in total. The summed E-state index contributed by atoms with van der Waals surface area (Å²) in [6.07, 6.45) is 0. The third-order valence-corrected chi connectivity index (χ3v) is 3.89. The van der Waals surface area contributed by atoms with Crippen molar-refractivity contribution in [3.8, 4) is 5.75 Å². The van der Waals surface area contributed by atoms with E-state index >= 15 is 0 Å². The number of hydrogen-bond acceptors (Lipinski definition) is 3. The zero-order valence-electron chi connectivity index (χ0n) is 13.7. The van der Waals surface area contributed by atoms with Crippen LogP contribution < -0.4 is 10.1 Å². The molecule has 2 aromatic rings. The Labute approximate surface area is 141 Å². The van der Waals surface area contributed by atoms with Crippen LogP contribution in [0.2, 0.25) is 0 Å². The second-order valence-corrected chi connectivity index (χ2v) is 5.67. The summed E-state index contributed by atoms with van der Waals surface area (Å²) in [6, 6.07) is 16.4. The van der Waals surface area contributed by atoms with Gasteiger partial charge in [-0.25, -0.2) is 4.79 Å². The van der Waals surface area contributed by atoms with E-state index in [0.717, 1.165) is 5.56 Å². The maximum absolute atomic E-state index is 12.4. The molecule has 2 aromatic carbocycles. The Kier molecular flexibility index (Phi) is 5.95. The quantitative estimate of drug-likeness (QED) is 0.819. The third-order valence-electron chi connectivity index (χ3n) is 3.89. The smallest absolute Gasteiger partial charge is 0.341 e. The van der Waals surface area contributed by atoms with Gasteiger partial charge in [0.05, 0.1) is 0 Å². The van der Waals surface area contributed by atoms with Gasteiger partial charge < -0.3 is 15.2 Å². The molecule has 126 valence electrons. The molecule has 1 amide bonds. The van der Waals surface area contributed by atoms with Crippen molar-refractivity contribution in [1.29, 1.82) is 0 Å². The van der Waals surface area contributed by atoms with Gasteiger partial charge in [0.15, 0.2) is 6.61 Å². The van der Waals surface area contributed by atoms with Crippen LogP contribution in [0.15, 0.2) is 54.6 Å². The summed E-state index contributed by atoms with van der Waals surface area (Å²) in [5.41, 5.74) is 1.59. The van der Waals surface area contributed by atoms with Gasteiger partial charge in [0.25, 0.3) is 5.91 Å². The van der Waals surface area contributed by atoms with Gasteiger partial charge in [-0.05, 0) is 30.7 Å². The SMILES string of the molecule is CC(NC(=O)c1cccc(OCC(=O)O)c1)C(C)c1ccccc1. The Hall–Kier alpha value is -2.82. The molecule has 0 aliphatic carbocycles. The van der Waals surface area contributed by atoms with E-state index in [1.54, 1.807) is 18.2 Å². The molecular formula is C19H21NO4. The Balaban J connectivity index is 2.01. The minimum Gasteiger partial charge on any atom is -0.482 e. The molecule has 2 atom stereocenters. The molecular weight excluding hydrogens is 306 g/mol. The lowest BCUT2D eigenvalue weighted by Gasteiger charge is -2.22. The van der Waals surface area contributed by atoms with Crippen LogP contribution in [0.5, 0.6) is 5.75 Å². The standard InChI is InChI=1S/C19H21NO4/c1-13(15-7-4-3-5-8-15)14(2)20-19(23)16-9-6-10-17(11-16)24-12-18(21)22/h3-11,13-14H,12H2,1-2H3,(H,20,23)(H,21,22). The van der Waals surface area contributed by atoms with E-state index in [4.69, 9.17) is 9.84 Å². The highest BCUT2D eigenvalue weighted by Crippen LogP contribution is 2.19. The van der Waals surface area contributed by atoms with Gasteiger partial charge in [-0.2, -0.15) is 0 Å².